The van der Waals surface area contributed by atoms with E-state index in [0.717, 1.165) is 0 Å². The fourth-order valence-electron chi connectivity index (χ4n) is 0.119. The Kier molecular flexibility index (Phi) is 2.35. The molecule has 0 amide bonds. The van der Waals surface area contributed by atoms with Crippen LogP contribution in [0.25, 0.3) is 0 Å². The second-order valence-corrected chi connectivity index (χ2v) is 3.49. The molecule has 0 spiro atoms. The normalized spacial score (nSPS) is 19.2. The van der Waals surface area contributed by atoms with E-state index in [2.05, 4.69) is 5.73 Å². The molecule has 1 atom stereocenters. The van der Waals surface area contributed by atoms with Gasteiger partial charge in [-0.2, -0.15) is 0 Å². The molecule has 0 saturated heterocycles. The summed E-state index contributed by atoms with van der Waals surface area (Å²) in [7, 11) is -4.66. The fraction of sp³-hybridized carbons (Fsp3) is 1.00. The van der Waals surface area contributed by atoms with Crippen LogP contribution in [0.2, 0.25) is 0 Å². The third-order valence-electron chi connectivity index (χ3n) is 0.805. The Balaban J connectivity index is 4.34. The summed E-state index contributed by atoms with van der Waals surface area (Å²) in [6, 6.07) is 0. The molecule has 0 bridgehead atoms. The Morgan fingerprint density at radius 2 is 1.89 bits per heavy atom. The van der Waals surface area contributed by atoms with Crippen LogP contribution >= 0.6 is 7.60 Å². The van der Waals surface area contributed by atoms with Gasteiger partial charge in [0.2, 0.25) is 5.47 Å². The molecule has 0 saturated carbocycles. The maximum atomic E-state index is 10.1. The molecule has 0 aliphatic rings. The van der Waals surface area contributed by atoms with E-state index in [4.69, 9.17) is 20.6 Å². The molecule has 0 aliphatic heterocycles. The molecule has 0 radical (unpaired) electrons. The van der Waals surface area contributed by atoms with E-state index < -0.39 is 19.6 Å². The highest BCUT2D eigenvalue weighted by Crippen LogP contribution is 2.44. The number of hydrogen-bond donors (Lipinski definition) is 5. The maximum absolute atomic E-state index is 10.1. The van der Waals surface area contributed by atoms with Crippen molar-refractivity contribution in [3.63, 3.8) is 0 Å². The SMILES string of the molecule is NCC(N)(O)P(=O)(O)O. The number of nitrogens with two attached hydrogens (primary N) is 2. The van der Waals surface area contributed by atoms with Gasteiger partial charge in [0.05, 0.1) is 0 Å². The maximum Gasteiger partial charge on any atom is 0.372 e. The molecule has 0 fully saturated rings. The summed E-state index contributed by atoms with van der Waals surface area (Å²) in [6.07, 6.45) is 0. The van der Waals surface area contributed by atoms with Crippen LogP contribution in [0.5, 0.6) is 0 Å². The van der Waals surface area contributed by atoms with Crippen molar-refractivity contribution in [1.82, 2.24) is 0 Å². The third kappa shape index (κ3) is 2.02. The first-order valence-corrected chi connectivity index (χ1v) is 3.69. The first-order valence-electron chi connectivity index (χ1n) is 2.08. The van der Waals surface area contributed by atoms with Gasteiger partial charge >= 0.3 is 7.60 Å². The van der Waals surface area contributed by atoms with Crippen molar-refractivity contribution in [2.45, 2.75) is 5.47 Å². The lowest BCUT2D eigenvalue weighted by Crippen LogP contribution is -2.46. The minimum atomic E-state index is -4.66. The third-order valence-corrected chi connectivity index (χ3v) is 2.00. The van der Waals surface area contributed by atoms with E-state index in [9.17, 15) is 4.57 Å². The molecule has 0 aromatic rings. The van der Waals surface area contributed by atoms with Gasteiger partial charge in [0.1, 0.15) is 0 Å². The van der Waals surface area contributed by atoms with Crippen molar-refractivity contribution in [1.29, 1.82) is 0 Å². The highest BCUT2D eigenvalue weighted by atomic mass is 31.2. The van der Waals surface area contributed by atoms with Crippen molar-refractivity contribution in [2.24, 2.45) is 11.5 Å². The second kappa shape index (κ2) is 2.34. The number of aliphatic hydroxyl groups is 1. The van der Waals surface area contributed by atoms with Crippen LogP contribution in [0.15, 0.2) is 0 Å². The number of rotatable bonds is 2. The first kappa shape index (κ1) is 9.03. The molecule has 7 N–H and O–H groups in total. The van der Waals surface area contributed by atoms with Crippen molar-refractivity contribution in [3.05, 3.63) is 0 Å². The van der Waals surface area contributed by atoms with Crippen molar-refractivity contribution in [3.8, 4) is 0 Å². The van der Waals surface area contributed by atoms with E-state index in [1.54, 1.807) is 0 Å². The smallest absolute Gasteiger partial charge is 0.365 e. The van der Waals surface area contributed by atoms with Gasteiger partial charge in [0, 0.05) is 6.54 Å². The van der Waals surface area contributed by atoms with Crippen molar-refractivity contribution >= 4 is 7.60 Å². The topological polar surface area (TPSA) is 130 Å². The van der Waals surface area contributed by atoms with Gasteiger partial charge < -0.3 is 20.6 Å². The summed E-state index contributed by atoms with van der Waals surface area (Å²) < 4.78 is 10.1. The van der Waals surface area contributed by atoms with Crippen LogP contribution in [-0.2, 0) is 4.57 Å². The minimum Gasteiger partial charge on any atom is -0.365 e. The average Bonchev–Trinajstić information content (AvgIpc) is 1.64. The molecule has 6 nitrogen and oxygen atoms in total. The Labute approximate surface area is 51.6 Å². The zero-order valence-electron chi connectivity index (χ0n) is 4.56. The van der Waals surface area contributed by atoms with Gasteiger partial charge in [0.25, 0.3) is 0 Å². The van der Waals surface area contributed by atoms with Gasteiger partial charge in [0.15, 0.2) is 0 Å². The van der Waals surface area contributed by atoms with Crippen LogP contribution in [0, 0.1) is 0 Å². The van der Waals surface area contributed by atoms with E-state index in [1.165, 1.54) is 0 Å². The quantitative estimate of drug-likeness (QED) is 0.226. The zero-order chi connectivity index (χ0) is 7.71. The summed E-state index contributed by atoms with van der Waals surface area (Å²) in [5, 5.41) is 8.55. The van der Waals surface area contributed by atoms with Gasteiger partial charge in [-0.05, 0) is 0 Å². The molecule has 9 heavy (non-hydrogen) atoms. The zero-order valence-corrected chi connectivity index (χ0v) is 5.45. The Morgan fingerprint density at radius 3 is 1.89 bits per heavy atom. The summed E-state index contributed by atoms with van der Waals surface area (Å²) in [6.45, 7) is -0.669. The van der Waals surface area contributed by atoms with Crippen LogP contribution in [0.3, 0.4) is 0 Å². The van der Waals surface area contributed by atoms with E-state index >= 15 is 0 Å². The first-order chi connectivity index (χ1) is 3.81. The minimum absolute atomic E-state index is 0.669. The number of hydrogen-bond acceptors (Lipinski definition) is 4. The Hall–Kier alpha value is 0.0300. The van der Waals surface area contributed by atoms with Gasteiger partial charge in [-0.1, -0.05) is 0 Å². The van der Waals surface area contributed by atoms with E-state index in [1.807, 2.05) is 0 Å². The Morgan fingerprint density at radius 1 is 1.56 bits per heavy atom. The largest absolute Gasteiger partial charge is 0.372 e. The Bertz CT molecular complexity index is 140. The van der Waals surface area contributed by atoms with Gasteiger partial charge in [-0.25, -0.2) is 0 Å². The molecule has 0 rings (SSSR count). The van der Waals surface area contributed by atoms with E-state index in [0.29, 0.717) is 0 Å². The molecular weight excluding hydrogens is 147 g/mol. The summed E-state index contributed by atoms with van der Waals surface area (Å²) in [4.78, 5) is 16.4. The summed E-state index contributed by atoms with van der Waals surface area (Å²) >= 11 is 0. The lowest BCUT2D eigenvalue weighted by atomic mass is 10.6. The van der Waals surface area contributed by atoms with Crippen molar-refractivity contribution in [2.75, 3.05) is 6.54 Å². The summed E-state index contributed by atoms with van der Waals surface area (Å²) in [5.74, 6) is 0. The lowest BCUT2D eigenvalue weighted by molar-refractivity contribution is 0.105. The highest BCUT2D eigenvalue weighted by molar-refractivity contribution is 7.53. The molecule has 56 valence electrons. The van der Waals surface area contributed by atoms with Gasteiger partial charge in [-0.3, -0.25) is 10.3 Å². The molecule has 0 aliphatic carbocycles. The van der Waals surface area contributed by atoms with Crippen molar-refractivity contribution < 1.29 is 19.5 Å². The van der Waals surface area contributed by atoms with Crippen LogP contribution < -0.4 is 11.5 Å². The molecule has 0 aromatic heterocycles. The molecule has 7 heteroatoms. The molecule has 0 aromatic carbocycles. The van der Waals surface area contributed by atoms with Crippen LogP contribution in [0.1, 0.15) is 0 Å². The standard InChI is InChI=1S/C2H9N2O4P/c3-1-2(4,5)9(6,7)8/h5H,1,3-4H2,(H2,6,7,8). The molecule has 0 heterocycles. The predicted octanol–water partition coefficient (Wildman–Crippen LogP) is -2.27. The van der Waals surface area contributed by atoms with E-state index in [-0.39, 0.29) is 0 Å². The highest BCUT2D eigenvalue weighted by Gasteiger charge is 2.39. The second-order valence-electron chi connectivity index (χ2n) is 1.63. The van der Waals surface area contributed by atoms with Crippen LogP contribution in [0.4, 0.5) is 0 Å². The predicted molar refractivity (Wildman–Crippen MR) is 30.2 cm³/mol. The average molecular weight is 156 g/mol. The lowest BCUT2D eigenvalue weighted by Gasteiger charge is -2.21. The molecular formula is C2H9N2O4P. The van der Waals surface area contributed by atoms with Crippen LogP contribution in [-0.4, -0.2) is 26.9 Å². The summed E-state index contributed by atoms with van der Waals surface area (Å²) in [5.41, 5.74) is 6.81. The van der Waals surface area contributed by atoms with Gasteiger partial charge in [-0.15, -0.1) is 0 Å². The molecule has 1 unspecified atom stereocenters. The monoisotopic (exact) mass is 156 g/mol. The fourth-order valence-corrected chi connectivity index (χ4v) is 0.357.